The fraction of sp³-hybridized carbons (Fsp3) is 0.286. The van der Waals surface area contributed by atoms with Crippen molar-refractivity contribution in [2.75, 3.05) is 19.0 Å². The zero-order chi connectivity index (χ0) is 24.2. The Hall–Kier alpha value is -3.51. The number of benzene rings is 3. The number of carbonyl (C=O) groups excluding carboxylic acids is 1. The summed E-state index contributed by atoms with van der Waals surface area (Å²) in [6.07, 6.45) is 6.47. The Bertz CT molecular complexity index is 1330. The molecule has 0 unspecified atom stereocenters. The molecule has 6 nitrogen and oxygen atoms in total. The first kappa shape index (κ1) is 23.2. The van der Waals surface area contributed by atoms with Crippen molar-refractivity contribution in [2.45, 2.75) is 38.0 Å². The number of amides is 1. The number of rotatable bonds is 7. The van der Waals surface area contributed by atoms with Gasteiger partial charge in [0.2, 0.25) is 5.89 Å². The van der Waals surface area contributed by atoms with E-state index < -0.39 is 0 Å². The highest BCUT2D eigenvalue weighted by Gasteiger charge is 2.16. The van der Waals surface area contributed by atoms with Crippen molar-refractivity contribution in [1.82, 2.24) is 4.98 Å². The highest BCUT2D eigenvalue weighted by atomic mass is 35.5. The van der Waals surface area contributed by atoms with Crippen LogP contribution in [0.5, 0.6) is 11.5 Å². The van der Waals surface area contributed by atoms with Gasteiger partial charge in [0.1, 0.15) is 17.0 Å². The third-order valence-electron chi connectivity index (χ3n) is 6.40. The maximum atomic E-state index is 12.5. The smallest absolute Gasteiger partial charge is 0.262 e. The van der Waals surface area contributed by atoms with E-state index in [0.29, 0.717) is 45.1 Å². The zero-order valence-electron chi connectivity index (χ0n) is 19.6. The average Bonchev–Trinajstić information content (AvgIpc) is 3.32. The predicted octanol–water partition coefficient (Wildman–Crippen LogP) is 7.22. The summed E-state index contributed by atoms with van der Waals surface area (Å²) in [5, 5.41) is 3.33. The molecule has 1 saturated carbocycles. The number of nitrogens with one attached hydrogen (secondary N) is 1. The Morgan fingerprint density at radius 3 is 2.60 bits per heavy atom. The zero-order valence-corrected chi connectivity index (χ0v) is 20.3. The van der Waals surface area contributed by atoms with Gasteiger partial charge in [-0.05, 0) is 72.9 Å². The van der Waals surface area contributed by atoms with Gasteiger partial charge in [-0.2, -0.15) is 0 Å². The van der Waals surface area contributed by atoms with E-state index in [1.165, 1.54) is 37.7 Å². The maximum absolute atomic E-state index is 12.5. The lowest BCUT2D eigenvalue weighted by Crippen LogP contribution is -2.20. The standard InChI is InChI=1S/C28H27ClN2O4/c1-33-25-13-9-20(15-23(25)29)28-31-24-16-21(10-14-26(24)35-28)30-27(32)17-34-22-11-7-19(8-12-22)18-5-3-2-4-6-18/h7-16,18H,2-6,17H2,1H3,(H,30,32). The van der Waals surface area contributed by atoms with Gasteiger partial charge >= 0.3 is 0 Å². The van der Waals surface area contributed by atoms with Crippen LogP contribution in [-0.4, -0.2) is 24.6 Å². The van der Waals surface area contributed by atoms with Crippen molar-refractivity contribution >= 4 is 34.3 Å². The number of anilines is 1. The number of oxazole rings is 1. The molecule has 1 amide bonds. The van der Waals surface area contributed by atoms with E-state index in [-0.39, 0.29) is 12.5 Å². The molecule has 1 heterocycles. The molecule has 0 radical (unpaired) electrons. The number of hydrogen-bond donors (Lipinski definition) is 1. The van der Waals surface area contributed by atoms with Gasteiger partial charge in [-0.25, -0.2) is 4.98 Å². The number of aromatic nitrogens is 1. The van der Waals surface area contributed by atoms with Crippen LogP contribution in [0.15, 0.2) is 65.1 Å². The number of fused-ring (bicyclic) bond motifs is 1. The SMILES string of the molecule is COc1ccc(-c2nc3cc(NC(=O)COc4ccc(C5CCCCC5)cc4)ccc3o2)cc1Cl. The molecule has 35 heavy (non-hydrogen) atoms. The third kappa shape index (κ3) is 5.43. The second kappa shape index (κ2) is 10.4. The normalized spacial score (nSPS) is 14.1. The molecule has 1 aliphatic rings. The van der Waals surface area contributed by atoms with Crippen LogP contribution in [0.4, 0.5) is 5.69 Å². The van der Waals surface area contributed by atoms with Gasteiger partial charge in [-0.15, -0.1) is 0 Å². The number of halogens is 1. The summed E-state index contributed by atoms with van der Waals surface area (Å²) in [5.74, 6) is 2.11. The van der Waals surface area contributed by atoms with E-state index >= 15 is 0 Å². The number of carbonyl (C=O) groups is 1. The topological polar surface area (TPSA) is 73.6 Å². The first-order valence-electron chi connectivity index (χ1n) is 11.9. The number of ether oxygens (including phenoxy) is 2. The summed E-state index contributed by atoms with van der Waals surface area (Å²) in [6.45, 7) is -0.0742. The molecule has 0 saturated heterocycles. The van der Waals surface area contributed by atoms with Gasteiger partial charge in [0.05, 0.1) is 12.1 Å². The van der Waals surface area contributed by atoms with Crippen LogP contribution in [0.3, 0.4) is 0 Å². The molecule has 4 aromatic rings. The predicted molar refractivity (Wildman–Crippen MR) is 137 cm³/mol. The van der Waals surface area contributed by atoms with Crippen LogP contribution in [-0.2, 0) is 4.79 Å². The van der Waals surface area contributed by atoms with Crippen LogP contribution in [0, 0.1) is 0 Å². The Morgan fingerprint density at radius 2 is 1.86 bits per heavy atom. The van der Waals surface area contributed by atoms with E-state index in [1.54, 1.807) is 37.4 Å². The van der Waals surface area contributed by atoms with E-state index in [2.05, 4.69) is 22.4 Å². The van der Waals surface area contributed by atoms with E-state index in [4.69, 9.17) is 25.5 Å². The maximum Gasteiger partial charge on any atom is 0.262 e. The van der Waals surface area contributed by atoms with Crippen molar-refractivity contribution < 1.29 is 18.7 Å². The summed E-state index contributed by atoms with van der Waals surface area (Å²) < 4.78 is 16.7. The van der Waals surface area contributed by atoms with Gasteiger partial charge in [-0.1, -0.05) is 43.0 Å². The first-order chi connectivity index (χ1) is 17.1. The molecule has 1 aromatic heterocycles. The van der Waals surface area contributed by atoms with Gasteiger partial charge < -0.3 is 19.2 Å². The number of hydrogen-bond acceptors (Lipinski definition) is 5. The molecule has 1 aliphatic carbocycles. The summed E-state index contributed by atoms with van der Waals surface area (Å²) in [7, 11) is 1.56. The second-order valence-electron chi connectivity index (χ2n) is 8.79. The Balaban J connectivity index is 1.20. The van der Waals surface area contributed by atoms with E-state index in [0.717, 1.165) is 5.56 Å². The quantitative estimate of drug-likeness (QED) is 0.296. The Kier molecular flexibility index (Phi) is 6.91. The van der Waals surface area contributed by atoms with Crippen LogP contribution >= 0.6 is 11.6 Å². The fourth-order valence-electron chi connectivity index (χ4n) is 4.55. The van der Waals surface area contributed by atoms with Crippen LogP contribution in [0.25, 0.3) is 22.6 Å². The summed E-state index contributed by atoms with van der Waals surface area (Å²) >= 11 is 6.22. The highest BCUT2D eigenvalue weighted by molar-refractivity contribution is 6.32. The van der Waals surface area contributed by atoms with Crippen molar-refractivity contribution in [3.05, 3.63) is 71.2 Å². The third-order valence-corrected chi connectivity index (χ3v) is 6.69. The first-order valence-corrected chi connectivity index (χ1v) is 12.2. The van der Waals surface area contributed by atoms with Gasteiger partial charge in [0, 0.05) is 11.3 Å². The minimum Gasteiger partial charge on any atom is -0.495 e. The van der Waals surface area contributed by atoms with E-state index in [1.807, 2.05) is 18.2 Å². The molecule has 1 N–H and O–H groups in total. The monoisotopic (exact) mass is 490 g/mol. The molecule has 0 spiro atoms. The minimum absolute atomic E-state index is 0.0742. The van der Waals surface area contributed by atoms with Crippen molar-refractivity contribution in [1.29, 1.82) is 0 Å². The van der Waals surface area contributed by atoms with Crippen LogP contribution < -0.4 is 14.8 Å². The molecule has 5 rings (SSSR count). The van der Waals surface area contributed by atoms with Crippen molar-refractivity contribution in [3.8, 4) is 23.0 Å². The largest absolute Gasteiger partial charge is 0.495 e. The molecule has 7 heteroatoms. The fourth-order valence-corrected chi connectivity index (χ4v) is 4.80. The molecule has 1 fully saturated rings. The summed E-state index contributed by atoms with van der Waals surface area (Å²) in [6, 6.07) is 18.8. The minimum atomic E-state index is -0.244. The summed E-state index contributed by atoms with van der Waals surface area (Å²) in [5.41, 5.74) is 3.95. The lowest BCUT2D eigenvalue weighted by atomic mass is 9.84. The molecule has 3 aromatic carbocycles. The number of nitrogens with zero attached hydrogens (tertiary/aromatic N) is 1. The highest BCUT2D eigenvalue weighted by Crippen LogP contribution is 2.34. The second-order valence-corrected chi connectivity index (χ2v) is 9.20. The van der Waals surface area contributed by atoms with Gasteiger partial charge in [0.25, 0.3) is 5.91 Å². The molecular formula is C28H27ClN2O4. The van der Waals surface area contributed by atoms with Crippen LogP contribution in [0.2, 0.25) is 5.02 Å². The van der Waals surface area contributed by atoms with Crippen molar-refractivity contribution in [2.24, 2.45) is 0 Å². The van der Waals surface area contributed by atoms with Crippen molar-refractivity contribution in [3.63, 3.8) is 0 Å². The summed E-state index contributed by atoms with van der Waals surface area (Å²) in [4.78, 5) is 17.0. The molecule has 0 bridgehead atoms. The van der Waals surface area contributed by atoms with Crippen LogP contribution in [0.1, 0.15) is 43.6 Å². The molecule has 0 atom stereocenters. The lowest BCUT2D eigenvalue weighted by Gasteiger charge is -2.22. The van der Waals surface area contributed by atoms with Gasteiger partial charge in [-0.3, -0.25) is 4.79 Å². The average molecular weight is 491 g/mol. The lowest BCUT2D eigenvalue weighted by molar-refractivity contribution is -0.118. The Morgan fingerprint density at radius 1 is 1.06 bits per heavy atom. The van der Waals surface area contributed by atoms with E-state index in [9.17, 15) is 4.79 Å². The molecular weight excluding hydrogens is 464 g/mol. The molecule has 180 valence electrons. The van der Waals surface area contributed by atoms with Gasteiger partial charge in [0.15, 0.2) is 12.2 Å². The Labute approximate surface area is 209 Å². The number of methoxy groups -OCH3 is 1. The molecule has 0 aliphatic heterocycles.